The van der Waals surface area contributed by atoms with Crippen molar-refractivity contribution in [1.29, 1.82) is 0 Å². The van der Waals surface area contributed by atoms with E-state index in [9.17, 15) is 9.59 Å². The van der Waals surface area contributed by atoms with E-state index in [0.29, 0.717) is 31.9 Å². The van der Waals surface area contributed by atoms with Gasteiger partial charge in [0.2, 0.25) is 0 Å². The van der Waals surface area contributed by atoms with Gasteiger partial charge in [-0.25, -0.2) is 0 Å². The van der Waals surface area contributed by atoms with Crippen molar-refractivity contribution >= 4 is 11.8 Å². The fourth-order valence-electron chi connectivity index (χ4n) is 3.63. The lowest BCUT2D eigenvalue weighted by molar-refractivity contribution is 0.0532. The lowest BCUT2D eigenvalue weighted by Crippen LogP contribution is -2.50. The predicted molar refractivity (Wildman–Crippen MR) is 91.1 cm³/mol. The maximum absolute atomic E-state index is 12.7. The molecule has 2 aliphatic rings. The highest BCUT2D eigenvalue weighted by Gasteiger charge is 2.26. The highest BCUT2D eigenvalue weighted by molar-refractivity contribution is 5.95. The van der Waals surface area contributed by atoms with Gasteiger partial charge in [0.05, 0.1) is 0 Å². The summed E-state index contributed by atoms with van der Waals surface area (Å²) in [6.07, 6.45) is 5.14. The molecule has 4 rings (SSSR count). The Kier molecular flexibility index (Phi) is 3.84. The Labute approximate surface area is 141 Å². The highest BCUT2D eigenvalue weighted by Crippen LogP contribution is 2.23. The Morgan fingerprint density at radius 3 is 2.29 bits per heavy atom. The number of nitrogens with zero attached hydrogens (tertiary/aromatic N) is 2. The summed E-state index contributed by atoms with van der Waals surface area (Å²) in [5, 5.41) is 0. The SMILES string of the molecule is O=C(c1ccc2c(c1)CCC2)N1CCN(C(=O)c2ccc[nH]2)CC1. The van der Waals surface area contributed by atoms with E-state index in [2.05, 4.69) is 17.1 Å². The van der Waals surface area contributed by atoms with Gasteiger partial charge in [0.15, 0.2) is 0 Å². The molecule has 0 saturated carbocycles. The third kappa shape index (κ3) is 2.70. The van der Waals surface area contributed by atoms with Crippen molar-refractivity contribution < 1.29 is 9.59 Å². The first-order valence-corrected chi connectivity index (χ1v) is 8.56. The number of amides is 2. The van der Waals surface area contributed by atoms with Crippen LogP contribution in [0.5, 0.6) is 0 Å². The number of aromatic nitrogens is 1. The van der Waals surface area contributed by atoms with Gasteiger partial charge in [-0.15, -0.1) is 0 Å². The Balaban J connectivity index is 1.40. The summed E-state index contributed by atoms with van der Waals surface area (Å²) in [6.45, 7) is 2.33. The fraction of sp³-hybridized carbons (Fsp3) is 0.368. The largest absolute Gasteiger partial charge is 0.357 e. The summed E-state index contributed by atoms with van der Waals surface area (Å²) in [6, 6.07) is 9.70. The molecule has 24 heavy (non-hydrogen) atoms. The summed E-state index contributed by atoms with van der Waals surface area (Å²) in [5.41, 5.74) is 4.09. The second kappa shape index (κ2) is 6.15. The number of carbonyl (C=O) groups is 2. The molecule has 0 radical (unpaired) electrons. The van der Waals surface area contributed by atoms with Crippen LogP contribution in [0.25, 0.3) is 0 Å². The number of carbonyl (C=O) groups excluding carboxylic acids is 2. The molecule has 2 amide bonds. The van der Waals surface area contributed by atoms with Crippen LogP contribution in [0, 0.1) is 0 Å². The molecule has 2 heterocycles. The van der Waals surface area contributed by atoms with Crippen LogP contribution in [0.1, 0.15) is 38.4 Å². The second-order valence-corrected chi connectivity index (χ2v) is 6.51. The third-order valence-corrected chi connectivity index (χ3v) is 5.03. The summed E-state index contributed by atoms with van der Waals surface area (Å²) < 4.78 is 0. The number of aromatic amines is 1. The van der Waals surface area contributed by atoms with E-state index in [4.69, 9.17) is 0 Å². The summed E-state index contributed by atoms with van der Waals surface area (Å²) >= 11 is 0. The van der Waals surface area contributed by atoms with Gasteiger partial charge in [0.1, 0.15) is 5.69 Å². The van der Waals surface area contributed by atoms with Gasteiger partial charge in [-0.2, -0.15) is 0 Å². The summed E-state index contributed by atoms with van der Waals surface area (Å²) in [5.74, 6) is 0.0845. The van der Waals surface area contributed by atoms with Gasteiger partial charge in [-0.05, 0) is 54.7 Å². The fourth-order valence-corrected chi connectivity index (χ4v) is 3.63. The lowest BCUT2D eigenvalue weighted by Gasteiger charge is -2.34. The standard InChI is InChI=1S/C19H21N3O2/c23-18(16-7-6-14-3-1-4-15(14)13-16)21-9-11-22(12-10-21)19(24)17-5-2-8-20-17/h2,5-8,13,20H,1,3-4,9-12H2. The first kappa shape index (κ1) is 15.0. The van der Waals surface area contributed by atoms with Crippen molar-refractivity contribution in [1.82, 2.24) is 14.8 Å². The Hall–Kier alpha value is -2.56. The van der Waals surface area contributed by atoms with Gasteiger partial charge in [-0.3, -0.25) is 9.59 Å². The molecular weight excluding hydrogens is 302 g/mol. The molecule has 1 N–H and O–H groups in total. The van der Waals surface area contributed by atoms with Crippen molar-refractivity contribution in [2.24, 2.45) is 0 Å². The van der Waals surface area contributed by atoms with Crippen molar-refractivity contribution in [2.45, 2.75) is 19.3 Å². The molecule has 0 unspecified atom stereocenters. The van der Waals surface area contributed by atoms with Crippen molar-refractivity contribution in [2.75, 3.05) is 26.2 Å². The molecule has 1 aliphatic carbocycles. The molecule has 5 nitrogen and oxygen atoms in total. The summed E-state index contributed by atoms with van der Waals surface area (Å²) in [7, 11) is 0. The van der Waals surface area contributed by atoms with E-state index in [1.54, 1.807) is 17.2 Å². The van der Waals surface area contributed by atoms with Crippen LogP contribution < -0.4 is 0 Å². The normalized spacial score (nSPS) is 17.0. The smallest absolute Gasteiger partial charge is 0.270 e. The van der Waals surface area contributed by atoms with E-state index >= 15 is 0 Å². The molecule has 0 atom stereocenters. The van der Waals surface area contributed by atoms with E-state index in [0.717, 1.165) is 18.4 Å². The first-order chi connectivity index (χ1) is 11.7. The topological polar surface area (TPSA) is 56.4 Å². The molecule has 1 aromatic heterocycles. The summed E-state index contributed by atoms with van der Waals surface area (Å²) in [4.78, 5) is 31.7. The molecule has 1 saturated heterocycles. The van der Waals surface area contributed by atoms with Gasteiger partial charge in [0.25, 0.3) is 11.8 Å². The van der Waals surface area contributed by atoms with Gasteiger partial charge < -0.3 is 14.8 Å². The van der Waals surface area contributed by atoms with Crippen LogP contribution in [-0.2, 0) is 12.8 Å². The monoisotopic (exact) mass is 323 g/mol. The zero-order chi connectivity index (χ0) is 16.5. The Morgan fingerprint density at radius 2 is 1.58 bits per heavy atom. The van der Waals surface area contributed by atoms with E-state index in [-0.39, 0.29) is 11.8 Å². The maximum Gasteiger partial charge on any atom is 0.270 e. The number of hydrogen-bond donors (Lipinski definition) is 1. The minimum absolute atomic E-state index is 0.00429. The highest BCUT2D eigenvalue weighted by atomic mass is 16.2. The van der Waals surface area contributed by atoms with Crippen LogP contribution in [0.4, 0.5) is 0 Å². The van der Waals surface area contributed by atoms with E-state index in [1.165, 1.54) is 17.5 Å². The lowest BCUT2D eigenvalue weighted by atomic mass is 10.1. The number of aryl methyl sites for hydroxylation is 2. The van der Waals surface area contributed by atoms with E-state index in [1.807, 2.05) is 17.0 Å². The minimum atomic E-state index is 0.00429. The second-order valence-electron chi connectivity index (χ2n) is 6.51. The Bertz CT molecular complexity index is 759. The van der Waals surface area contributed by atoms with E-state index < -0.39 is 0 Å². The molecule has 1 fully saturated rings. The van der Waals surface area contributed by atoms with Crippen molar-refractivity contribution in [3.8, 4) is 0 Å². The van der Waals surface area contributed by atoms with Crippen LogP contribution in [0.3, 0.4) is 0 Å². The van der Waals surface area contributed by atoms with Crippen molar-refractivity contribution in [3.05, 3.63) is 58.9 Å². The predicted octanol–water partition coefficient (Wildman–Crippen LogP) is 2.10. The van der Waals surface area contributed by atoms with Crippen molar-refractivity contribution in [3.63, 3.8) is 0 Å². The zero-order valence-electron chi connectivity index (χ0n) is 13.6. The molecule has 5 heteroatoms. The van der Waals surface area contributed by atoms with Gasteiger partial charge >= 0.3 is 0 Å². The molecule has 1 aliphatic heterocycles. The van der Waals surface area contributed by atoms with Crippen LogP contribution in [-0.4, -0.2) is 52.8 Å². The average Bonchev–Trinajstić information content (AvgIpc) is 3.31. The molecule has 2 aromatic rings. The van der Waals surface area contributed by atoms with Gasteiger partial charge in [-0.1, -0.05) is 6.07 Å². The number of hydrogen-bond acceptors (Lipinski definition) is 2. The number of fused-ring (bicyclic) bond motifs is 1. The number of nitrogens with one attached hydrogen (secondary N) is 1. The van der Waals surface area contributed by atoms with Crippen LogP contribution in [0.15, 0.2) is 36.5 Å². The average molecular weight is 323 g/mol. The number of H-pyrrole nitrogens is 1. The molecule has 1 aromatic carbocycles. The maximum atomic E-state index is 12.7. The first-order valence-electron chi connectivity index (χ1n) is 8.56. The van der Waals surface area contributed by atoms with Crippen LogP contribution in [0.2, 0.25) is 0 Å². The molecular formula is C19H21N3O2. The zero-order valence-corrected chi connectivity index (χ0v) is 13.6. The molecule has 0 bridgehead atoms. The third-order valence-electron chi connectivity index (χ3n) is 5.03. The molecule has 0 spiro atoms. The minimum Gasteiger partial charge on any atom is -0.357 e. The molecule has 124 valence electrons. The van der Waals surface area contributed by atoms with Crippen LogP contribution >= 0.6 is 0 Å². The number of benzene rings is 1. The number of piperazine rings is 1. The quantitative estimate of drug-likeness (QED) is 0.920. The Morgan fingerprint density at radius 1 is 0.875 bits per heavy atom. The number of rotatable bonds is 2. The van der Waals surface area contributed by atoms with Gasteiger partial charge in [0, 0.05) is 37.9 Å².